The highest BCUT2D eigenvalue weighted by Crippen LogP contribution is 2.18. The third-order valence-corrected chi connectivity index (χ3v) is 3.25. The van der Waals surface area contributed by atoms with Crippen molar-refractivity contribution in [1.82, 2.24) is 9.97 Å². The van der Waals surface area contributed by atoms with Crippen molar-refractivity contribution in [3.63, 3.8) is 0 Å². The van der Waals surface area contributed by atoms with Crippen molar-refractivity contribution in [3.05, 3.63) is 41.9 Å². The molecule has 1 aromatic heterocycles. The quantitative estimate of drug-likeness (QED) is 0.916. The van der Waals surface area contributed by atoms with Gasteiger partial charge in [-0.1, -0.05) is 19.1 Å². The summed E-state index contributed by atoms with van der Waals surface area (Å²) in [5, 5.41) is 0. The summed E-state index contributed by atoms with van der Waals surface area (Å²) in [5.74, 6) is 1.68. The first-order valence-corrected chi connectivity index (χ1v) is 7.16. The molecule has 2 aromatic rings. The SMILES string of the molecule is CCCOc1ccc(CN=C2C=Nc3nc[nH]c3C2)cc1. The van der Waals surface area contributed by atoms with Gasteiger partial charge >= 0.3 is 0 Å². The fourth-order valence-corrected chi connectivity index (χ4v) is 2.12. The predicted molar refractivity (Wildman–Crippen MR) is 83.8 cm³/mol. The number of imidazole rings is 1. The number of fused-ring (bicyclic) bond motifs is 1. The molecular weight excluding hydrogens is 264 g/mol. The number of ether oxygens (including phenoxy) is 1. The van der Waals surface area contributed by atoms with Gasteiger partial charge < -0.3 is 9.72 Å². The summed E-state index contributed by atoms with van der Waals surface area (Å²) in [4.78, 5) is 16.1. The smallest absolute Gasteiger partial charge is 0.173 e. The zero-order valence-corrected chi connectivity index (χ0v) is 12.0. The largest absolute Gasteiger partial charge is 0.494 e. The van der Waals surface area contributed by atoms with Gasteiger partial charge in [0.25, 0.3) is 0 Å². The van der Waals surface area contributed by atoms with Crippen molar-refractivity contribution in [2.24, 2.45) is 9.98 Å². The molecular formula is C16H18N4O. The average molecular weight is 282 g/mol. The highest BCUT2D eigenvalue weighted by Gasteiger charge is 2.11. The first-order chi connectivity index (χ1) is 10.3. The van der Waals surface area contributed by atoms with Crippen LogP contribution in [0.5, 0.6) is 5.75 Å². The Morgan fingerprint density at radius 1 is 1.29 bits per heavy atom. The lowest BCUT2D eigenvalue weighted by molar-refractivity contribution is 0.317. The van der Waals surface area contributed by atoms with E-state index in [1.54, 1.807) is 12.5 Å². The molecule has 0 radical (unpaired) electrons. The minimum absolute atomic E-state index is 0.652. The lowest BCUT2D eigenvalue weighted by Gasteiger charge is -2.07. The molecule has 5 heteroatoms. The van der Waals surface area contributed by atoms with Gasteiger partial charge in [0.2, 0.25) is 0 Å². The number of benzene rings is 1. The minimum Gasteiger partial charge on any atom is -0.494 e. The number of hydrogen-bond acceptors (Lipinski definition) is 4. The van der Waals surface area contributed by atoms with Crippen molar-refractivity contribution in [3.8, 4) is 5.75 Å². The van der Waals surface area contributed by atoms with Crippen LogP contribution in [0.4, 0.5) is 5.82 Å². The number of rotatable bonds is 5. The molecule has 0 saturated carbocycles. The molecule has 0 amide bonds. The third-order valence-electron chi connectivity index (χ3n) is 3.25. The summed E-state index contributed by atoms with van der Waals surface area (Å²) in [6, 6.07) is 8.09. The molecule has 5 nitrogen and oxygen atoms in total. The summed E-state index contributed by atoms with van der Waals surface area (Å²) in [6.07, 6.45) is 5.24. The second kappa shape index (κ2) is 6.35. The third kappa shape index (κ3) is 3.37. The van der Waals surface area contributed by atoms with Gasteiger partial charge in [0.1, 0.15) is 5.75 Å². The molecule has 2 heterocycles. The Bertz CT molecular complexity index is 655. The monoisotopic (exact) mass is 282 g/mol. The van der Waals surface area contributed by atoms with E-state index in [4.69, 9.17) is 4.74 Å². The van der Waals surface area contributed by atoms with E-state index in [0.29, 0.717) is 6.54 Å². The van der Waals surface area contributed by atoms with Crippen LogP contribution in [0, 0.1) is 0 Å². The van der Waals surface area contributed by atoms with Gasteiger partial charge in [0.15, 0.2) is 5.82 Å². The van der Waals surface area contributed by atoms with Gasteiger partial charge in [0.05, 0.1) is 37.1 Å². The Morgan fingerprint density at radius 2 is 2.14 bits per heavy atom. The van der Waals surface area contributed by atoms with Gasteiger partial charge in [0, 0.05) is 6.42 Å². The van der Waals surface area contributed by atoms with Crippen LogP contribution in [0.25, 0.3) is 0 Å². The molecule has 1 aliphatic rings. The van der Waals surface area contributed by atoms with Crippen LogP contribution >= 0.6 is 0 Å². The Morgan fingerprint density at radius 3 is 2.95 bits per heavy atom. The van der Waals surface area contributed by atoms with Crippen LogP contribution in [0.2, 0.25) is 0 Å². The molecule has 21 heavy (non-hydrogen) atoms. The maximum absolute atomic E-state index is 5.57. The van der Waals surface area contributed by atoms with Crippen molar-refractivity contribution in [2.45, 2.75) is 26.3 Å². The Kier molecular flexibility index (Phi) is 4.09. The fraction of sp³-hybridized carbons (Fsp3) is 0.312. The molecule has 0 atom stereocenters. The number of hydrogen-bond donors (Lipinski definition) is 1. The predicted octanol–water partition coefficient (Wildman–Crippen LogP) is 3.10. The Hall–Kier alpha value is -2.43. The maximum atomic E-state index is 5.57. The van der Waals surface area contributed by atoms with Crippen molar-refractivity contribution in [1.29, 1.82) is 0 Å². The standard InChI is InChI=1S/C16H18N4O/c1-2-7-21-14-5-3-12(4-6-14)9-17-13-8-15-16(18-10-13)20-11-19-15/h3-6,10-11H,2,7-9H2,1H3,(H,19,20). The number of H-pyrrole nitrogens is 1. The summed E-state index contributed by atoms with van der Waals surface area (Å²) >= 11 is 0. The molecule has 3 rings (SSSR count). The molecule has 0 bridgehead atoms. The molecule has 1 aliphatic heterocycles. The zero-order valence-electron chi connectivity index (χ0n) is 12.0. The first kappa shape index (κ1) is 13.5. The Labute approximate surface area is 123 Å². The van der Waals surface area contributed by atoms with Crippen LogP contribution in [0.1, 0.15) is 24.6 Å². The number of nitrogens with one attached hydrogen (secondary N) is 1. The molecule has 0 unspecified atom stereocenters. The van der Waals surface area contributed by atoms with E-state index in [9.17, 15) is 0 Å². The number of aromatic amines is 1. The first-order valence-electron chi connectivity index (χ1n) is 7.16. The van der Waals surface area contributed by atoms with E-state index >= 15 is 0 Å². The van der Waals surface area contributed by atoms with Crippen molar-refractivity contribution >= 4 is 17.7 Å². The molecule has 0 fully saturated rings. The molecule has 0 aliphatic carbocycles. The van der Waals surface area contributed by atoms with Gasteiger partial charge in [-0.3, -0.25) is 4.99 Å². The van der Waals surface area contributed by atoms with Gasteiger partial charge in [-0.2, -0.15) is 0 Å². The van der Waals surface area contributed by atoms with Crippen LogP contribution in [0.15, 0.2) is 40.6 Å². The topological polar surface area (TPSA) is 62.6 Å². The second-order valence-electron chi connectivity index (χ2n) is 4.94. The highest BCUT2D eigenvalue weighted by atomic mass is 16.5. The van der Waals surface area contributed by atoms with Crippen molar-refractivity contribution < 1.29 is 4.74 Å². The summed E-state index contributed by atoms with van der Waals surface area (Å²) in [5.41, 5.74) is 3.16. The van der Waals surface area contributed by atoms with Gasteiger partial charge in [-0.25, -0.2) is 9.98 Å². The van der Waals surface area contributed by atoms with E-state index in [0.717, 1.165) is 48.0 Å². The molecule has 1 N–H and O–H groups in total. The lowest BCUT2D eigenvalue weighted by Crippen LogP contribution is -2.09. The van der Waals surface area contributed by atoms with Crippen LogP contribution < -0.4 is 4.74 Å². The normalized spacial score (nSPS) is 15.2. The van der Waals surface area contributed by atoms with E-state index in [2.05, 4.69) is 39.0 Å². The van der Waals surface area contributed by atoms with Crippen LogP contribution in [-0.4, -0.2) is 28.5 Å². The summed E-state index contributed by atoms with van der Waals surface area (Å²) in [7, 11) is 0. The Balaban J connectivity index is 1.61. The molecule has 0 saturated heterocycles. The van der Waals surface area contributed by atoms with Crippen molar-refractivity contribution in [2.75, 3.05) is 6.61 Å². The molecule has 0 spiro atoms. The molecule has 108 valence electrons. The fourth-order valence-electron chi connectivity index (χ4n) is 2.12. The highest BCUT2D eigenvalue weighted by molar-refractivity contribution is 6.32. The zero-order chi connectivity index (χ0) is 14.5. The average Bonchev–Trinajstić information content (AvgIpc) is 2.99. The number of aromatic nitrogens is 2. The van der Waals surface area contributed by atoms with Gasteiger partial charge in [-0.05, 0) is 24.1 Å². The summed E-state index contributed by atoms with van der Waals surface area (Å²) in [6.45, 7) is 3.50. The van der Waals surface area contributed by atoms with Crippen LogP contribution in [0.3, 0.4) is 0 Å². The molecule has 1 aromatic carbocycles. The van der Waals surface area contributed by atoms with Gasteiger partial charge in [-0.15, -0.1) is 0 Å². The number of nitrogens with zero attached hydrogens (tertiary/aromatic N) is 3. The van der Waals surface area contributed by atoms with E-state index < -0.39 is 0 Å². The van der Waals surface area contributed by atoms with E-state index in [-0.39, 0.29) is 0 Å². The maximum Gasteiger partial charge on any atom is 0.173 e. The lowest BCUT2D eigenvalue weighted by atomic mass is 10.1. The van der Waals surface area contributed by atoms with E-state index in [1.807, 2.05) is 12.1 Å². The van der Waals surface area contributed by atoms with Crippen LogP contribution in [-0.2, 0) is 13.0 Å². The minimum atomic E-state index is 0.652. The second-order valence-corrected chi connectivity index (χ2v) is 4.94. The summed E-state index contributed by atoms with van der Waals surface area (Å²) < 4.78 is 5.57. The van der Waals surface area contributed by atoms with E-state index in [1.165, 1.54) is 0 Å². The number of aliphatic imine (C=N–C) groups is 2.